The number of hydrogen-bond donors (Lipinski definition) is 2. The lowest BCUT2D eigenvalue weighted by Gasteiger charge is -2.18. The Balaban J connectivity index is 2.35. The van der Waals surface area contributed by atoms with Crippen molar-refractivity contribution in [3.63, 3.8) is 0 Å². The normalized spacial score (nSPS) is 13.7. The van der Waals surface area contributed by atoms with Crippen molar-refractivity contribution in [2.75, 3.05) is 16.8 Å². The molecule has 18 heavy (non-hydrogen) atoms. The molecule has 0 saturated heterocycles. The summed E-state index contributed by atoms with van der Waals surface area (Å²) in [6, 6.07) is 5.45. The van der Waals surface area contributed by atoms with E-state index in [0.717, 1.165) is 23.9 Å². The number of para-hydroxylation sites is 1. The van der Waals surface area contributed by atoms with Crippen LogP contribution in [0.15, 0.2) is 23.4 Å². The molecule has 0 aliphatic carbocycles. The zero-order valence-electron chi connectivity index (χ0n) is 9.88. The van der Waals surface area contributed by atoms with E-state index in [0.29, 0.717) is 12.2 Å². The van der Waals surface area contributed by atoms with Gasteiger partial charge < -0.3 is 15.4 Å². The Morgan fingerprint density at radius 1 is 1.50 bits per heavy atom. The van der Waals surface area contributed by atoms with E-state index in [9.17, 15) is 9.59 Å². The number of carbonyl (C=O) groups is 2. The number of amides is 2. The van der Waals surface area contributed by atoms with Crippen molar-refractivity contribution in [2.24, 2.45) is 5.16 Å². The summed E-state index contributed by atoms with van der Waals surface area (Å²) in [4.78, 5) is 24.5. The maximum atomic E-state index is 11.5. The highest BCUT2D eigenvalue weighted by atomic mass is 16.4. The Morgan fingerprint density at radius 2 is 2.28 bits per heavy atom. The van der Waals surface area contributed by atoms with E-state index in [4.69, 9.17) is 5.21 Å². The molecule has 6 heteroatoms. The van der Waals surface area contributed by atoms with Gasteiger partial charge in [-0.05, 0) is 18.1 Å². The first-order valence-corrected chi connectivity index (χ1v) is 5.52. The second-order valence-corrected chi connectivity index (χ2v) is 3.97. The van der Waals surface area contributed by atoms with E-state index in [2.05, 4.69) is 10.5 Å². The van der Waals surface area contributed by atoms with Crippen LogP contribution in [0.1, 0.15) is 12.5 Å². The van der Waals surface area contributed by atoms with Crippen LogP contribution in [0, 0.1) is 0 Å². The number of carbonyl (C=O) groups excluding carboxylic acids is 2. The van der Waals surface area contributed by atoms with Gasteiger partial charge in [0.25, 0.3) is 5.91 Å². The minimum Gasteiger partial charge on any atom is -0.411 e. The van der Waals surface area contributed by atoms with E-state index in [1.54, 1.807) is 11.0 Å². The van der Waals surface area contributed by atoms with Crippen LogP contribution in [-0.4, -0.2) is 29.8 Å². The minimum absolute atomic E-state index is 0.0636. The number of anilines is 2. The van der Waals surface area contributed by atoms with E-state index in [1.807, 2.05) is 12.1 Å². The lowest BCUT2D eigenvalue weighted by molar-refractivity contribution is -0.116. The monoisotopic (exact) mass is 247 g/mol. The van der Waals surface area contributed by atoms with E-state index >= 15 is 0 Å². The molecule has 0 unspecified atom stereocenters. The summed E-state index contributed by atoms with van der Waals surface area (Å²) in [6.45, 7) is 2.11. The number of benzene rings is 1. The summed E-state index contributed by atoms with van der Waals surface area (Å²) < 4.78 is 0. The number of oxime groups is 1. The van der Waals surface area contributed by atoms with Crippen LogP contribution < -0.4 is 10.2 Å². The van der Waals surface area contributed by atoms with Crippen molar-refractivity contribution >= 4 is 29.4 Å². The Morgan fingerprint density at radius 3 is 2.94 bits per heavy atom. The molecule has 1 aliphatic rings. The SMILES string of the molecule is CC(=O)N1CCc2cccc(NC(=O)/C=N/O)c21. The molecule has 2 amide bonds. The van der Waals surface area contributed by atoms with Crippen LogP contribution in [0.3, 0.4) is 0 Å². The van der Waals surface area contributed by atoms with Gasteiger partial charge in [0.15, 0.2) is 0 Å². The largest absolute Gasteiger partial charge is 0.411 e. The van der Waals surface area contributed by atoms with E-state index in [1.165, 1.54) is 6.92 Å². The van der Waals surface area contributed by atoms with Gasteiger partial charge in [-0.2, -0.15) is 0 Å². The fraction of sp³-hybridized carbons (Fsp3) is 0.250. The van der Waals surface area contributed by atoms with Gasteiger partial charge in [-0.25, -0.2) is 0 Å². The van der Waals surface area contributed by atoms with Gasteiger partial charge in [0.1, 0.15) is 6.21 Å². The predicted molar refractivity (Wildman–Crippen MR) is 67.1 cm³/mol. The van der Waals surface area contributed by atoms with Crippen molar-refractivity contribution in [2.45, 2.75) is 13.3 Å². The Labute approximate surface area is 104 Å². The number of rotatable bonds is 2. The first-order valence-electron chi connectivity index (χ1n) is 5.52. The van der Waals surface area contributed by atoms with Crippen molar-refractivity contribution in [1.82, 2.24) is 0 Å². The van der Waals surface area contributed by atoms with Gasteiger partial charge in [0.2, 0.25) is 5.91 Å². The van der Waals surface area contributed by atoms with Gasteiger partial charge in [-0.1, -0.05) is 17.3 Å². The molecular formula is C12H13N3O3. The summed E-state index contributed by atoms with van der Waals surface area (Å²) in [6.07, 6.45) is 1.54. The van der Waals surface area contributed by atoms with Crippen molar-refractivity contribution < 1.29 is 14.8 Å². The van der Waals surface area contributed by atoms with Crippen LogP contribution in [0.2, 0.25) is 0 Å². The molecule has 0 bridgehead atoms. The highest BCUT2D eigenvalue weighted by molar-refractivity contribution is 6.32. The molecule has 1 heterocycles. The fourth-order valence-corrected chi connectivity index (χ4v) is 2.09. The van der Waals surface area contributed by atoms with Gasteiger partial charge >= 0.3 is 0 Å². The van der Waals surface area contributed by atoms with Gasteiger partial charge in [0, 0.05) is 13.5 Å². The van der Waals surface area contributed by atoms with Crippen LogP contribution in [0.25, 0.3) is 0 Å². The van der Waals surface area contributed by atoms with Gasteiger partial charge in [0.05, 0.1) is 11.4 Å². The molecule has 0 radical (unpaired) electrons. The van der Waals surface area contributed by atoms with Crippen LogP contribution in [-0.2, 0) is 16.0 Å². The zero-order valence-corrected chi connectivity index (χ0v) is 9.88. The average molecular weight is 247 g/mol. The Bertz CT molecular complexity index is 525. The molecule has 1 aromatic rings. The topological polar surface area (TPSA) is 82.0 Å². The smallest absolute Gasteiger partial charge is 0.270 e. The van der Waals surface area contributed by atoms with Gasteiger partial charge in [-0.3, -0.25) is 9.59 Å². The number of nitrogens with zero attached hydrogens (tertiary/aromatic N) is 2. The molecule has 0 atom stereocenters. The summed E-state index contributed by atoms with van der Waals surface area (Å²) in [5, 5.41) is 13.5. The van der Waals surface area contributed by atoms with Crippen LogP contribution in [0.4, 0.5) is 11.4 Å². The number of nitrogens with one attached hydrogen (secondary N) is 1. The van der Waals surface area contributed by atoms with Crippen LogP contribution >= 0.6 is 0 Å². The predicted octanol–water partition coefficient (Wildman–Crippen LogP) is 0.994. The second-order valence-electron chi connectivity index (χ2n) is 3.97. The molecule has 1 aromatic carbocycles. The molecule has 0 fully saturated rings. The van der Waals surface area contributed by atoms with Crippen molar-refractivity contribution in [3.8, 4) is 0 Å². The van der Waals surface area contributed by atoms with Gasteiger partial charge in [-0.15, -0.1) is 0 Å². The average Bonchev–Trinajstić information content (AvgIpc) is 2.74. The van der Waals surface area contributed by atoms with E-state index < -0.39 is 5.91 Å². The molecule has 0 aromatic heterocycles. The van der Waals surface area contributed by atoms with E-state index in [-0.39, 0.29) is 5.91 Å². The molecule has 6 nitrogen and oxygen atoms in total. The minimum atomic E-state index is -0.540. The molecular weight excluding hydrogens is 234 g/mol. The number of fused-ring (bicyclic) bond motifs is 1. The lowest BCUT2D eigenvalue weighted by Crippen LogP contribution is -2.27. The van der Waals surface area contributed by atoms with Crippen molar-refractivity contribution in [3.05, 3.63) is 23.8 Å². The third-order valence-corrected chi connectivity index (χ3v) is 2.81. The summed E-state index contributed by atoms with van der Waals surface area (Å²) in [5.41, 5.74) is 2.29. The quantitative estimate of drug-likeness (QED) is 0.464. The third kappa shape index (κ3) is 2.17. The Hall–Kier alpha value is -2.37. The summed E-state index contributed by atoms with van der Waals surface area (Å²) in [5.74, 6) is -0.604. The summed E-state index contributed by atoms with van der Waals surface area (Å²) >= 11 is 0. The van der Waals surface area contributed by atoms with Crippen molar-refractivity contribution in [1.29, 1.82) is 0 Å². The third-order valence-electron chi connectivity index (χ3n) is 2.81. The maximum absolute atomic E-state index is 11.5. The lowest BCUT2D eigenvalue weighted by atomic mass is 10.1. The first kappa shape index (κ1) is 12.1. The zero-order chi connectivity index (χ0) is 13.1. The molecule has 94 valence electrons. The number of hydrogen-bond acceptors (Lipinski definition) is 4. The molecule has 0 spiro atoms. The highest BCUT2D eigenvalue weighted by Crippen LogP contribution is 2.35. The Kier molecular flexibility index (Phi) is 3.27. The van der Waals surface area contributed by atoms with Crippen LogP contribution in [0.5, 0.6) is 0 Å². The molecule has 1 aliphatic heterocycles. The standard InChI is InChI=1S/C12H13N3O3/c1-8(16)15-6-5-9-3-2-4-10(12(9)15)14-11(17)7-13-18/h2-4,7,18H,5-6H2,1H3,(H,14,17)/b13-7+. The summed E-state index contributed by atoms with van der Waals surface area (Å²) in [7, 11) is 0. The molecule has 0 saturated carbocycles. The fourth-order valence-electron chi connectivity index (χ4n) is 2.09. The molecule has 2 N–H and O–H groups in total. The first-order chi connectivity index (χ1) is 8.63. The second kappa shape index (κ2) is 4.87. The maximum Gasteiger partial charge on any atom is 0.270 e. The highest BCUT2D eigenvalue weighted by Gasteiger charge is 2.25. The molecule has 2 rings (SSSR count).